The topological polar surface area (TPSA) is 96.9 Å². The molecule has 1 fully saturated rings. The Morgan fingerprint density at radius 2 is 1.93 bits per heavy atom. The Kier molecular flexibility index (Phi) is 6.53. The van der Waals surface area contributed by atoms with Crippen molar-refractivity contribution >= 4 is 18.1 Å². The van der Waals surface area contributed by atoms with Gasteiger partial charge in [0.15, 0.2) is 0 Å². The molecular weight excluding hydrogens is 392 g/mol. The van der Waals surface area contributed by atoms with Crippen LogP contribution in [0, 0.1) is 11.7 Å². The molecule has 2 aromatic rings. The van der Waals surface area contributed by atoms with Gasteiger partial charge in [-0.15, -0.1) is 17.5 Å². The molecule has 1 aliphatic carbocycles. The number of hydrogen-bond donors (Lipinski definition) is 3. The van der Waals surface area contributed by atoms with Crippen LogP contribution in [0.4, 0.5) is 23.2 Å². The molecule has 0 atom stereocenters. The Balaban J connectivity index is 0.00000261. The number of nitrogens with two attached hydrogens (primary N) is 1. The molecule has 1 aromatic heterocycles. The first-order valence-electron chi connectivity index (χ1n) is 8.20. The summed E-state index contributed by atoms with van der Waals surface area (Å²) in [6.45, 7) is 0.267. The van der Waals surface area contributed by atoms with Gasteiger partial charge in [-0.25, -0.2) is 14.3 Å². The number of halogens is 5. The lowest BCUT2D eigenvalue weighted by Crippen LogP contribution is -2.29. The molecule has 150 valence electrons. The van der Waals surface area contributed by atoms with Crippen molar-refractivity contribution in [1.82, 2.24) is 10.2 Å². The molecule has 4 N–H and O–H groups in total. The highest BCUT2D eigenvalue weighted by Crippen LogP contribution is 2.39. The van der Waals surface area contributed by atoms with Crippen molar-refractivity contribution in [2.45, 2.75) is 37.9 Å². The Morgan fingerprint density at radius 3 is 2.48 bits per heavy atom. The van der Waals surface area contributed by atoms with Crippen molar-refractivity contribution < 1.29 is 22.0 Å². The second kappa shape index (κ2) is 8.30. The van der Waals surface area contributed by atoms with Crippen molar-refractivity contribution in [2.24, 2.45) is 11.7 Å². The third-order valence-electron chi connectivity index (χ3n) is 4.53. The molecule has 0 aliphatic heterocycles. The van der Waals surface area contributed by atoms with Crippen LogP contribution in [-0.4, -0.2) is 22.8 Å². The molecule has 6 nitrogen and oxygen atoms in total. The zero-order valence-electron chi connectivity index (χ0n) is 14.1. The van der Waals surface area contributed by atoms with Crippen LogP contribution in [0.1, 0.15) is 31.2 Å². The largest absolute Gasteiger partial charge is 0.434 e. The highest BCUT2D eigenvalue weighted by molar-refractivity contribution is 5.85. The van der Waals surface area contributed by atoms with E-state index in [2.05, 4.69) is 10.4 Å². The molecule has 0 radical (unpaired) electrons. The number of rotatable bonds is 4. The van der Waals surface area contributed by atoms with Crippen molar-refractivity contribution in [2.75, 3.05) is 11.9 Å². The fraction of sp³-hybridized carbons (Fsp3) is 0.500. The lowest BCUT2D eigenvalue weighted by Gasteiger charge is -2.27. The second-order valence-corrected chi connectivity index (χ2v) is 6.46. The van der Waals surface area contributed by atoms with Crippen LogP contribution in [-0.2, 0) is 6.18 Å². The lowest BCUT2D eigenvalue weighted by atomic mass is 9.86. The normalized spacial score (nSPS) is 20.2. The van der Waals surface area contributed by atoms with Gasteiger partial charge in [-0.1, -0.05) is 0 Å². The maximum Gasteiger partial charge on any atom is 0.434 e. The van der Waals surface area contributed by atoms with E-state index in [0.29, 0.717) is 6.07 Å². The number of hydrogen-bond acceptors (Lipinski definition) is 5. The molecule has 0 spiro atoms. The van der Waals surface area contributed by atoms with E-state index in [-0.39, 0.29) is 42.4 Å². The summed E-state index contributed by atoms with van der Waals surface area (Å²) in [5, 5.41) is 8.22. The number of aromatic amines is 1. The smallest absolute Gasteiger partial charge is 0.388 e. The van der Waals surface area contributed by atoms with E-state index < -0.39 is 29.0 Å². The third kappa shape index (κ3) is 5.01. The van der Waals surface area contributed by atoms with Crippen LogP contribution >= 0.6 is 12.4 Å². The predicted molar refractivity (Wildman–Crippen MR) is 93.2 cm³/mol. The van der Waals surface area contributed by atoms with Crippen molar-refractivity contribution in [3.05, 3.63) is 34.1 Å². The minimum atomic E-state index is -4.87. The summed E-state index contributed by atoms with van der Waals surface area (Å²) >= 11 is 0. The molecule has 0 bridgehead atoms. The van der Waals surface area contributed by atoms with Gasteiger partial charge in [0, 0.05) is 18.2 Å². The first kappa shape index (κ1) is 21.2. The Bertz CT molecular complexity index is 829. The summed E-state index contributed by atoms with van der Waals surface area (Å²) in [5.74, 6) is -2.47. The van der Waals surface area contributed by atoms with E-state index in [0.717, 1.165) is 31.7 Å². The molecule has 1 heterocycles. The number of aromatic nitrogens is 2. The number of H-pyrrole nitrogens is 1. The van der Waals surface area contributed by atoms with Gasteiger partial charge >= 0.3 is 11.9 Å². The van der Waals surface area contributed by atoms with E-state index in [1.54, 1.807) is 0 Å². The Labute approximate surface area is 157 Å². The molecule has 3 rings (SSSR count). The molecule has 11 heteroatoms. The molecule has 1 aliphatic rings. The number of alkyl halides is 3. The average Bonchev–Trinajstić information content (AvgIpc) is 2.99. The maximum atomic E-state index is 14.2. The second-order valence-electron chi connectivity index (χ2n) is 6.46. The van der Waals surface area contributed by atoms with Gasteiger partial charge < -0.3 is 15.5 Å². The summed E-state index contributed by atoms with van der Waals surface area (Å²) in [7, 11) is 0. The Hall–Kier alpha value is -2.07. The van der Waals surface area contributed by atoms with Gasteiger partial charge in [0.05, 0.1) is 5.69 Å². The quantitative estimate of drug-likeness (QED) is 0.670. The van der Waals surface area contributed by atoms with Crippen LogP contribution in [0.2, 0.25) is 0 Å². The van der Waals surface area contributed by atoms with Crippen LogP contribution in [0.15, 0.2) is 21.3 Å². The standard InChI is InChI=1S/C16H18F4N4O2.ClH/c17-11-5-9(14-23-24-15(25)26-14)6-12(13(11)16(18,19)20)22-7-8-1-3-10(21)4-2-8;/h5-6,8,10,22H,1-4,7,21H2,(H,24,25);1H/t8-,10-;. The van der Waals surface area contributed by atoms with E-state index in [9.17, 15) is 22.4 Å². The molecule has 0 amide bonds. The van der Waals surface area contributed by atoms with Crippen LogP contribution in [0.5, 0.6) is 0 Å². The SMILES string of the molecule is Cl.N[C@H]1CC[C@H](CNc2cc(-c3n[nH]c(=O)o3)cc(F)c2C(F)(F)F)CC1. The zero-order valence-corrected chi connectivity index (χ0v) is 14.9. The Morgan fingerprint density at radius 1 is 1.26 bits per heavy atom. The molecular formula is C16H19ClF4N4O2. The summed E-state index contributed by atoms with van der Waals surface area (Å²) in [6.07, 6.45) is -1.65. The summed E-state index contributed by atoms with van der Waals surface area (Å²) in [5.41, 5.74) is 3.97. The van der Waals surface area contributed by atoms with Gasteiger partial charge in [-0.2, -0.15) is 13.2 Å². The van der Waals surface area contributed by atoms with Crippen molar-refractivity contribution in [3.63, 3.8) is 0 Å². The maximum absolute atomic E-state index is 14.2. The van der Waals surface area contributed by atoms with E-state index in [1.807, 2.05) is 5.10 Å². The number of benzene rings is 1. The highest BCUT2D eigenvalue weighted by atomic mass is 35.5. The van der Waals surface area contributed by atoms with E-state index in [1.165, 1.54) is 0 Å². The molecule has 0 saturated heterocycles. The molecule has 1 saturated carbocycles. The first-order valence-corrected chi connectivity index (χ1v) is 8.20. The highest BCUT2D eigenvalue weighted by Gasteiger charge is 2.38. The van der Waals surface area contributed by atoms with Crippen LogP contribution in [0.25, 0.3) is 11.5 Å². The number of nitrogens with zero attached hydrogens (tertiary/aromatic N) is 1. The minimum Gasteiger partial charge on any atom is -0.388 e. The fourth-order valence-corrected chi connectivity index (χ4v) is 3.16. The van der Waals surface area contributed by atoms with Gasteiger partial charge in [0.2, 0.25) is 5.89 Å². The monoisotopic (exact) mass is 410 g/mol. The van der Waals surface area contributed by atoms with E-state index in [4.69, 9.17) is 10.2 Å². The third-order valence-corrected chi connectivity index (χ3v) is 4.53. The number of nitrogens with one attached hydrogen (secondary N) is 2. The molecule has 1 aromatic carbocycles. The van der Waals surface area contributed by atoms with Gasteiger partial charge in [-0.05, 0) is 43.7 Å². The summed E-state index contributed by atoms with van der Waals surface area (Å²) in [6, 6.07) is 1.85. The van der Waals surface area contributed by atoms with Gasteiger partial charge in [0.1, 0.15) is 11.4 Å². The average molecular weight is 411 g/mol. The first-order chi connectivity index (χ1) is 12.2. The van der Waals surface area contributed by atoms with Crippen molar-refractivity contribution in [1.29, 1.82) is 0 Å². The van der Waals surface area contributed by atoms with E-state index >= 15 is 0 Å². The van der Waals surface area contributed by atoms with Crippen LogP contribution in [0.3, 0.4) is 0 Å². The summed E-state index contributed by atoms with van der Waals surface area (Å²) < 4.78 is 58.7. The fourth-order valence-electron chi connectivity index (χ4n) is 3.16. The number of anilines is 1. The lowest BCUT2D eigenvalue weighted by molar-refractivity contribution is -0.139. The minimum absolute atomic E-state index is 0. The zero-order chi connectivity index (χ0) is 18.9. The van der Waals surface area contributed by atoms with Crippen molar-refractivity contribution in [3.8, 4) is 11.5 Å². The molecule has 27 heavy (non-hydrogen) atoms. The molecule has 0 unspecified atom stereocenters. The van der Waals surface area contributed by atoms with Gasteiger partial charge in [0.25, 0.3) is 0 Å². The van der Waals surface area contributed by atoms with Gasteiger partial charge in [-0.3, -0.25) is 0 Å². The summed E-state index contributed by atoms with van der Waals surface area (Å²) in [4.78, 5) is 11.0. The van der Waals surface area contributed by atoms with Crippen LogP contribution < -0.4 is 16.8 Å². The predicted octanol–water partition coefficient (Wildman–Crippen LogP) is 3.54.